The van der Waals surface area contributed by atoms with Crippen molar-refractivity contribution in [2.24, 2.45) is 0 Å². The maximum absolute atomic E-state index is 11.7. The maximum Gasteiger partial charge on any atom is 0.287 e. The fraction of sp³-hybridized carbons (Fsp3) is 0.529. The molecule has 0 atom stereocenters. The van der Waals surface area contributed by atoms with Crippen molar-refractivity contribution >= 4 is 47.0 Å². The molecule has 0 radical (unpaired) electrons. The molecule has 50 heavy (non-hydrogen) atoms. The molecular weight excluding hydrogens is 752 g/mol. The van der Waals surface area contributed by atoms with Crippen molar-refractivity contribution < 1.29 is 37.7 Å². The van der Waals surface area contributed by atoms with E-state index in [1.54, 1.807) is 24.3 Å². The lowest BCUT2D eigenvalue weighted by Crippen LogP contribution is -3.00. The van der Waals surface area contributed by atoms with Crippen LogP contribution in [0.25, 0.3) is 0 Å². The molecule has 10 nitrogen and oxygen atoms in total. The molecule has 2 aliphatic rings. The van der Waals surface area contributed by atoms with Gasteiger partial charge in [0, 0.05) is 52.0 Å². The second-order valence-corrected chi connectivity index (χ2v) is 28.7. The van der Waals surface area contributed by atoms with Crippen molar-refractivity contribution in [3.05, 3.63) is 85.5 Å². The molecule has 0 aliphatic carbocycles. The first-order valence-electron chi connectivity index (χ1n) is 16.5. The maximum atomic E-state index is 11.7. The molecule has 2 aromatic carbocycles. The van der Waals surface area contributed by atoms with Crippen LogP contribution in [-0.2, 0) is 24.1 Å². The van der Waals surface area contributed by atoms with E-state index in [2.05, 4.69) is 92.0 Å². The number of benzene rings is 2. The van der Waals surface area contributed by atoms with Gasteiger partial charge in [-0.2, -0.15) is 19.5 Å². The predicted molar refractivity (Wildman–Crippen MR) is 208 cm³/mol. The number of unbranched alkanes of at least 4 members (excludes halogenated alkanes) is 2. The SMILES string of the molecule is CCCCN1C=CN(C)C1.CCCCN1C=CN(C)C1.C[Si](C)(C)Cl.C[Si](C)(C)OS(=O)(=O)c1ccccc1.O=S(=O)([O-])c1ccccc1.[Cl-]. The normalized spacial score (nSPS) is 13.8. The minimum Gasteiger partial charge on any atom is -1.00 e. The zero-order chi connectivity index (χ0) is 37.7. The molecule has 0 spiro atoms. The summed E-state index contributed by atoms with van der Waals surface area (Å²) in [6.07, 6.45) is 13.7. The standard InChI is InChI=1S/C9H14O3SSi.2C8H16N2.C6H6O3S.C3H9ClSi.ClH/c1-14(2,3)12-13(10,11)9-7-5-4-6-8-9;2*1-3-4-5-10-7-6-9(2)8-10;7-10(8,9)6-4-2-1-3-5-6;1-5(2,3)4;/h4-8H,1-3H3;2*6-7H,3-5,8H2,1-2H3;1-5H,(H,7,8,9);1-3H3;1H/p-2. The van der Waals surface area contributed by atoms with E-state index in [9.17, 15) is 21.4 Å². The highest BCUT2D eigenvalue weighted by atomic mass is 35.6. The topological polar surface area (TPSA) is 114 Å². The Bertz CT molecular complexity index is 1410. The molecule has 4 rings (SSSR count). The lowest BCUT2D eigenvalue weighted by molar-refractivity contribution is -0.0000191. The predicted octanol–water partition coefficient (Wildman–Crippen LogP) is 4.81. The smallest absolute Gasteiger partial charge is 0.287 e. The van der Waals surface area contributed by atoms with Crippen LogP contribution in [0.3, 0.4) is 0 Å². The van der Waals surface area contributed by atoms with E-state index in [0.717, 1.165) is 13.3 Å². The summed E-state index contributed by atoms with van der Waals surface area (Å²) >= 11 is 5.67. The Hall–Kier alpha value is -2.05. The van der Waals surface area contributed by atoms with Crippen LogP contribution in [-0.4, -0.2) is 97.2 Å². The highest BCUT2D eigenvalue weighted by Crippen LogP contribution is 2.17. The molecule has 0 aromatic heterocycles. The third-order valence-electron chi connectivity index (χ3n) is 5.89. The largest absolute Gasteiger partial charge is 1.00 e. The van der Waals surface area contributed by atoms with Gasteiger partial charge in [-0.25, -0.2) is 8.42 Å². The second-order valence-electron chi connectivity index (χ2n) is 13.5. The first kappa shape index (κ1) is 50.1. The number of halogens is 2. The molecule has 2 aliphatic heterocycles. The summed E-state index contributed by atoms with van der Waals surface area (Å²) in [4.78, 5) is 9.09. The number of rotatable bonds is 10. The third-order valence-corrected chi connectivity index (χ3v) is 10.5. The summed E-state index contributed by atoms with van der Waals surface area (Å²) in [6, 6.07) is 15.4. The Labute approximate surface area is 317 Å². The van der Waals surface area contributed by atoms with Gasteiger partial charge in [0.2, 0.25) is 8.32 Å². The van der Waals surface area contributed by atoms with Gasteiger partial charge < -0.3 is 40.4 Å². The van der Waals surface area contributed by atoms with Gasteiger partial charge in [0.05, 0.1) is 23.1 Å². The van der Waals surface area contributed by atoms with Crippen LogP contribution in [0.5, 0.6) is 0 Å². The van der Waals surface area contributed by atoms with Crippen LogP contribution in [0.4, 0.5) is 0 Å². The summed E-state index contributed by atoms with van der Waals surface area (Å²) in [7, 11) is -6.81. The van der Waals surface area contributed by atoms with Crippen molar-refractivity contribution in [1.29, 1.82) is 0 Å². The number of hydrogen-bond donors (Lipinski definition) is 0. The van der Waals surface area contributed by atoms with E-state index in [1.807, 2.05) is 19.6 Å². The molecule has 0 unspecified atom stereocenters. The summed E-state index contributed by atoms with van der Waals surface area (Å²) in [5.41, 5.74) is 0. The minimum atomic E-state index is -4.25. The van der Waals surface area contributed by atoms with Crippen molar-refractivity contribution in [3.8, 4) is 0 Å². The van der Waals surface area contributed by atoms with Gasteiger partial charge in [-0.15, -0.1) is 0 Å². The highest BCUT2D eigenvalue weighted by molar-refractivity contribution is 7.87. The highest BCUT2D eigenvalue weighted by Gasteiger charge is 2.25. The van der Waals surface area contributed by atoms with Gasteiger partial charge >= 0.3 is 0 Å². The van der Waals surface area contributed by atoms with Crippen LogP contribution in [0.1, 0.15) is 39.5 Å². The van der Waals surface area contributed by atoms with Gasteiger partial charge in [0.15, 0.2) is 0 Å². The summed E-state index contributed by atoms with van der Waals surface area (Å²) < 4.78 is 59.3. The van der Waals surface area contributed by atoms with Crippen molar-refractivity contribution in [3.63, 3.8) is 0 Å². The van der Waals surface area contributed by atoms with Crippen LogP contribution >= 0.6 is 11.1 Å². The molecule has 0 amide bonds. The average molecular weight is 812 g/mol. The van der Waals surface area contributed by atoms with E-state index in [-0.39, 0.29) is 22.2 Å². The Morgan fingerprint density at radius 1 is 0.680 bits per heavy atom. The van der Waals surface area contributed by atoms with E-state index < -0.39 is 35.9 Å². The van der Waals surface area contributed by atoms with Gasteiger partial charge in [0.1, 0.15) is 17.5 Å². The molecule has 2 aromatic rings. The van der Waals surface area contributed by atoms with Crippen molar-refractivity contribution in [2.75, 3.05) is 40.5 Å². The van der Waals surface area contributed by atoms with E-state index in [4.69, 9.17) is 15.0 Å². The first-order valence-corrected chi connectivity index (χ1v) is 27.3. The number of nitrogens with zero attached hydrogens (tertiary/aromatic N) is 4. The minimum absolute atomic E-state index is 0. The first-order chi connectivity index (χ1) is 22.6. The van der Waals surface area contributed by atoms with E-state index in [0.29, 0.717) is 0 Å². The molecule has 288 valence electrons. The van der Waals surface area contributed by atoms with E-state index in [1.165, 1.54) is 75.2 Å². The van der Waals surface area contributed by atoms with Crippen LogP contribution in [0.2, 0.25) is 39.3 Å². The summed E-state index contributed by atoms with van der Waals surface area (Å²) in [5.74, 6) is 0. The number of hydrogen-bond acceptors (Lipinski definition) is 10. The molecule has 0 N–H and O–H groups in total. The average Bonchev–Trinajstić information content (AvgIpc) is 3.61. The Morgan fingerprint density at radius 2 is 1.02 bits per heavy atom. The quantitative estimate of drug-likeness (QED) is 0.188. The molecule has 2 heterocycles. The third kappa shape index (κ3) is 27.6. The zero-order valence-corrected chi connectivity index (χ0v) is 36.7. The fourth-order valence-corrected chi connectivity index (χ4v) is 7.74. The van der Waals surface area contributed by atoms with Gasteiger partial charge in [0.25, 0.3) is 10.1 Å². The van der Waals surface area contributed by atoms with Crippen LogP contribution in [0, 0.1) is 0 Å². The molecule has 0 fully saturated rings. The lowest BCUT2D eigenvalue weighted by atomic mass is 10.3. The molecular formula is C34H60Cl2N4O6S2Si2-2. The Kier molecular flexibility index (Phi) is 25.1. The van der Waals surface area contributed by atoms with Gasteiger partial charge in [-0.05, 0) is 56.7 Å². The van der Waals surface area contributed by atoms with Crippen LogP contribution < -0.4 is 12.4 Å². The molecule has 16 heteroatoms. The zero-order valence-electron chi connectivity index (χ0n) is 31.6. The van der Waals surface area contributed by atoms with Crippen molar-refractivity contribution in [1.82, 2.24) is 19.6 Å². The lowest BCUT2D eigenvalue weighted by Gasteiger charge is -2.17. The Morgan fingerprint density at radius 3 is 1.26 bits per heavy atom. The van der Waals surface area contributed by atoms with Crippen LogP contribution in [0.15, 0.2) is 95.3 Å². The molecule has 0 bridgehead atoms. The molecule has 0 saturated heterocycles. The van der Waals surface area contributed by atoms with Crippen molar-refractivity contribution in [2.45, 2.75) is 88.6 Å². The molecule has 0 saturated carbocycles. The Balaban J connectivity index is 0. The fourth-order valence-electron chi connectivity index (χ4n) is 3.74. The second kappa shape index (κ2) is 25.0. The summed E-state index contributed by atoms with van der Waals surface area (Å²) in [6.45, 7) is 20.8. The van der Waals surface area contributed by atoms with E-state index >= 15 is 0 Å². The summed E-state index contributed by atoms with van der Waals surface area (Å²) in [5, 5.41) is 0. The van der Waals surface area contributed by atoms with Gasteiger partial charge in [-0.3, -0.25) is 0 Å². The van der Waals surface area contributed by atoms with Gasteiger partial charge in [-0.1, -0.05) is 82.7 Å². The monoisotopic (exact) mass is 810 g/mol.